The van der Waals surface area contributed by atoms with Gasteiger partial charge in [0.05, 0.1) is 4.90 Å². The van der Waals surface area contributed by atoms with Crippen LogP contribution in [0, 0.1) is 0 Å². The second-order valence-corrected chi connectivity index (χ2v) is 9.34. The van der Waals surface area contributed by atoms with Gasteiger partial charge in [0.1, 0.15) is 17.6 Å². The highest BCUT2D eigenvalue weighted by Crippen LogP contribution is 2.26. The first-order valence-corrected chi connectivity index (χ1v) is 11.5. The summed E-state index contributed by atoms with van der Waals surface area (Å²) in [6, 6.07) is 13.2. The zero-order chi connectivity index (χ0) is 21.8. The number of benzene rings is 2. The summed E-state index contributed by atoms with van der Waals surface area (Å²) in [7, 11) is -3.29. The van der Waals surface area contributed by atoms with Crippen molar-refractivity contribution in [2.24, 2.45) is 0 Å². The van der Waals surface area contributed by atoms with E-state index in [1.165, 1.54) is 18.4 Å². The first-order chi connectivity index (χ1) is 14.1. The predicted octanol–water partition coefficient (Wildman–Crippen LogP) is 4.07. The van der Waals surface area contributed by atoms with Crippen molar-refractivity contribution in [2.75, 3.05) is 26.0 Å². The topological polar surface area (TPSA) is 55.8 Å². The minimum absolute atomic E-state index is 0.0655. The van der Waals surface area contributed by atoms with Crippen molar-refractivity contribution < 1.29 is 31.1 Å². The Hall–Kier alpha value is -2.26. The van der Waals surface area contributed by atoms with Crippen LogP contribution in [0.15, 0.2) is 53.4 Å². The molecule has 0 N–H and O–H groups in total. The normalized spacial score (nSPS) is 16.4. The summed E-state index contributed by atoms with van der Waals surface area (Å²) in [5.74, 6) is 0.579. The molecule has 1 fully saturated rings. The molecule has 0 unspecified atom stereocenters. The van der Waals surface area contributed by atoms with Crippen LogP contribution in [0.3, 0.4) is 0 Å². The fourth-order valence-corrected chi connectivity index (χ4v) is 4.35. The molecule has 2 aromatic rings. The number of rotatable bonds is 7. The molecule has 1 saturated heterocycles. The van der Waals surface area contributed by atoms with Crippen LogP contribution in [0.4, 0.5) is 13.2 Å². The van der Waals surface area contributed by atoms with Crippen molar-refractivity contribution in [3.63, 3.8) is 0 Å². The molecule has 1 aliphatic heterocycles. The van der Waals surface area contributed by atoms with Gasteiger partial charge in [-0.3, -0.25) is 4.90 Å². The largest absolute Gasteiger partial charge is 0.490 e. The average Bonchev–Trinajstić information content (AvgIpc) is 2.67. The van der Waals surface area contributed by atoms with Gasteiger partial charge in [-0.15, -0.1) is 0 Å². The van der Waals surface area contributed by atoms with Gasteiger partial charge in [-0.2, -0.15) is 13.2 Å². The summed E-state index contributed by atoms with van der Waals surface area (Å²) in [6.45, 7) is 0.653. The Morgan fingerprint density at radius 1 is 1.03 bits per heavy atom. The SMILES string of the molecule is CS(=O)(=O)c1ccccc1CN1CCC(Oc2cccc(OCC(F)(F)F)c2)CC1. The number of alkyl halides is 3. The molecule has 0 amide bonds. The molecule has 164 valence electrons. The van der Waals surface area contributed by atoms with Crippen LogP contribution in [0.2, 0.25) is 0 Å². The van der Waals surface area contributed by atoms with E-state index in [-0.39, 0.29) is 11.9 Å². The Bertz CT molecular complexity index is 955. The molecule has 0 atom stereocenters. The van der Waals surface area contributed by atoms with Crippen molar-refractivity contribution in [1.29, 1.82) is 0 Å². The van der Waals surface area contributed by atoms with E-state index in [1.54, 1.807) is 24.3 Å². The maximum atomic E-state index is 12.3. The molecule has 1 heterocycles. The lowest BCUT2D eigenvalue weighted by atomic mass is 10.1. The van der Waals surface area contributed by atoms with Gasteiger partial charge in [0, 0.05) is 32.0 Å². The number of halogens is 3. The Labute approximate surface area is 174 Å². The van der Waals surface area contributed by atoms with Crippen LogP contribution < -0.4 is 9.47 Å². The molecule has 0 radical (unpaired) electrons. The lowest BCUT2D eigenvalue weighted by Crippen LogP contribution is -2.38. The van der Waals surface area contributed by atoms with Crippen LogP contribution in [0.5, 0.6) is 11.5 Å². The monoisotopic (exact) mass is 443 g/mol. The maximum absolute atomic E-state index is 12.3. The first kappa shape index (κ1) is 22.4. The highest BCUT2D eigenvalue weighted by Gasteiger charge is 2.28. The van der Waals surface area contributed by atoms with Crippen LogP contribution in [-0.4, -0.2) is 51.6 Å². The molecule has 3 rings (SSSR count). The van der Waals surface area contributed by atoms with Crippen LogP contribution >= 0.6 is 0 Å². The molecule has 0 aromatic heterocycles. The molecule has 5 nitrogen and oxygen atoms in total. The highest BCUT2D eigenvalue weighted by molar-refractivity contribution is 7.90. The second kappa shape index (κ2) is 9.26. The third kappa shape index (κ3) is 6.63. The van der Waals surface area contributed by atoms with E-state index in [0.717, 1.165) is 31.5 Å². The fourth-order valence-electron chi connectivity index (χ4n) is 3.42. The summed E-state index contributed by atoms with van der Waals surface area (Å²) >= 11 is 0. The van der Waals surface area contributed by atoms with E-state index in [4.69, 9.17) is 9.47 Å². The maximum Gasteiger partial charge on any atom is 0.422 e. The van der Waals surface area contributed by atoms with Gasteiger partial charge >= 0.3 is 6.18 Å². The van der Waals surface area contributed by atoms with E-state index in [1.807, 2.05) is 12.1 Å². The Morgan fingerprint density at radius 3 is 2.37 bits per heavy atom. The minimum atomic E-state index is -4.39. The summed E-state index contributed by atoms with van der Waals surface area (Å²) in [4.78, 5) is 2.52. The van der Waals surface area contributed by atoms with Gasteiger partial charge in [0.25, 0.3) is 0 Å². The van der Waals surface area contributed by atoms with Crippen LogP contribution in [0.1, 0.15) is 18.4 Å². The zero-order valence-electron chi connectivity index (χ0n) is 16.6. The third-order valence-electron chi connectivity index (χ3n) is 4.81. The Morgan fingerprint density at radius 2 is 1.70 bits per heavy atom. The van der Waals surface area contributed by atoms with Gasteiger partial charge in [-0.25, -0.2) is 8.42 Å². The van der Waals surface area contributed by atoms with Crippen LogP contribution in [0.25, 0.3) is 0 Å². The Kier molecular flexibility index (Phi) is 6.92. The zero-order valence-corrected chi connectivity index (χ0v) is 17.4. The number of sulfone groups is 1. The molecular formula is C21H24F3NO4S. The molecule has 0 saturated carbocycles. The molecule has 2 aromatic carbocycles. The van der Waals surface area contributed by atoms with E-state index >= 15 is 0 Å². The average molecular weight is 443 g/mol. The second-order valence-electron chi connectivity index (χ2n) is 7.35. The first-order valence-electron chi connectivity index (χ1n) is 9.57. The van der Waals surface area contributed by atoms with Crippen molar-refractivity contribution >= 4 is 9.84 Å². The standard InChI is InChI=1S/C21H24F3NO4S/c1-30(26,27)20-8-3-2-5-16(20)14-25-11-9-17(10-12-25)29-19-7-4-6-18(13-19)28-15-21(22,23)24/h2-8,13,17H,9-12,14-15H2,1H3. The number of nitrogens with zero attached hydrogens (tertiary/aromatic N) is 1. The molecular weight excluding hydrogens is 419 g/mol. The predicted molar refractivity (Wildman–Crippen MR) is 106 cm³/mol. The fraction of sp³-hybridized carbons (Fsp3) is 0.429. The van der Waals surface area contributed by atoms with E-state index < -0.39 is 22.6 Å². The van der Waals surface area contributed by atoms with E-state index in [2.05, 4.69) is 4.90 Å². The Balaban J connectivity index is 1.53. The number of hydrogen-bond donors (Lipinski definition) is 0. The summed E-state index contributed by atoms with van der Waals surface area (Å²) in [6.07, 6.45) is -1.79. The van der Waals surface area contributed by atoms with Gasteiger partial charge in [-0.1, -0.05) is 24.3 Å². The highest BCUT2D eigenvalue weighted by atomic mass is 32.2. The van der Waals surface area contributed by atoms with Crippen LogP contribution in [-0.2, 0) is 16.4 Å². The summed E-state index contributed by atoms with van der Waals surface area (Å²) in [5, 5.41) is 0. The van der Waals surface area contributed by atoms with E-state index in [0.29, 0.717) is 17.2 Å². The molecule has 1 aliphatic rings. The van der Waals surface area contributed by atoms with Crippen molar-refractivity contribution in [1.82, 2.24) is 4.90 Å². The molecule has 30 heavy (non-hydrogen) atoms. The molecule has 0 spiro atoms. The van der Waals surface area contributed by atoms with Crippen molar-refractivity contribution in [3.05, 3.63) is 54.1 Å². The molecule has 0 bridgehead atoms. The van der Waals surface area contributed by atoms with Crippen molar-refractivity contribution in [3.8, 4) is 11.5 Å². The molecule has 9 heteroatoms. The van der Waals surface area contributed by atoms with E-state index in [9.17, 15) is 21.6 Å². The number of likely N-dealkylation sites (tertiary alicyclic amines) is 1. The quantitative estimate of drug-likeness (QED) is 0.646. The lowest BCUT2D eigenvalue weighted by molar-refractivity contribution is -0.153. The van der Waals surface area contributed by atoms with Gasteiger partial charge in [0.15, 0.2) is 16.4 Å². The van der Waals surface area contributed by atoms with Crippen molar-refractivity contribution in [2.45, 2.75) is 36.6 Å². The minimum Gasteiger partial charge on any atom is -0.490 e. The smallest absolute Gasteiger partial charge is 0.422 e. The number of ether oxygens (including phenoxy) is 2. The molecule has 0 aliphatic carbocycles. The number of hydrogen-bond acceptors (Lipinski definition) is 5. The number of piperidine rings is 1. The summed E-state index contributed by atoms with van der Waals surface area (Å²) < 4.78 is 71.5. The summed E-state index contributed by atoms with van der Waals surface area (Å²) in [5.41, 5.74) is 0.772. The van der Waals surface area contributed by atoms with Gasteiger partial charge in [0.2, 0.25) is 0 Å². The lowest BCUT2D eigenvalue weighted by Gasteiger charge is -2.32. The van der Waals surface area contributed by atoms with Gasteiger partial charge < -0.3 is 9.47 Å². The van der Waals surface area contributed by atoms with Gasteiger partial charge in [-0.05, 0) is 36.6 Å². The third-order valence-corrected chi connectivity index (χ3v) is 6.01.